The molecule has 5 rings (SSSR count). The van der Waals surface area contributed by atoms with Crippen molar-refractivity contribution < 1.29 is 18.0 Å². The van der Waals surface area contributed by atoms with Crippen LogP contribution in [0.5, 0.6) is 0 Å². The maximum Gasteiger partial charge on any atom is 0.240 e. The number of benzene rings is 1. The molecular formula is C22H31N3O4S. The minimum Gasteiger partial charge on any atom is -0.356 e. The first-order chi connectivity index (χ1) is 14.3. The summed E-state index contributed by atoms with van der Waals surface area (Å²) < 4.78 is 25.7. The smallest absolute Gasteiger partial charge is 0.240 e. The molecule has 0 saturated heterocycles. The van der Waals surface area contributed by atoms with Crippen molar-refractivity contribution in [2.45, 2.75) is 56.3 Å². The number of hydrogen-bond donors (Lipinski definition) is 3. The van der Waals surface area contributed by atoms with Crippen LogP contribution in [-0.2, 0) is 19.6 Å². The summed E-state index contributed by atoms with van der Waals surface area (Å²) in [6, 6.07) is 6.04. The highest BCUT2D eigenvalue weighted by Crippen LogP contribution is 2.60. The predicted molar refractivity (Wildman–Crippen MR) is 114 cm³/mol. The molecule has 0 aliphatic heterocycles. The van der Waals surface area contributed by atoms with Crippen LogP contribution in [0.4, 0.5) is 5.69 Å². The van der Waals surface area contributed by atoms with Gasteiger partial charge >= 0.3 is 0 Å². The molecule has 4 fully saturated rings. The van der Waals surface area contributed by atoms with Gasteiger partial charge < -0.3 is 10.6 Å². The molecule has 4 aliphatic rings. The third-order valence-corrected chi connectivity index (χ3v) is 8.53. The number of anilines is 1. The summed E-state index contributed by atoms with van der Waals surface area (Å²) in [6.07, 6.45) is 7.96. The average molecular weight is 434 g/mol. The summed E-state index contributed by atoms with van der Waals surface area (Å²) in [5.41, 5.74) is 0.402. The van der Waals surface area contributed by atoms with Gasteiger partial charge in [-0.2, -0.15) is 0 Å². The zero-order valence-corrected chi connectivity index (χ0v) is 18.3. The van der Waals surface area contributed by atoms with Gasteiger partial charge in [0.1, 0.15) is 0 Å². The van der Waals surface area contributed by atoms with E-state index in [0.29, 0.717) is 25.1 Å². The second kappa shape index (κ2) is 8.30. The van der Waals surface area contributed by atoms with Gasteiger partial charge in [0.2, 0.25) is 21.8 Å². The normalized spacial score (nSPS) is 29.6. The summed E-state index contributed by atoms with van der Waals surface area (Å²) in [5.74, 6) is 2.26. The molecule has 7 nitrogen and oxygen atoms in total. The molecular weight excluding hydrogens is 402 g/mol. The van der Waals surface area contributed by atoms with Gasteiger partial charge in [0.25, 0.3) is 0 Å². The molecule has 4 saturated carbocycles. The quantitative estimate of drug-likeness (QED) is 0.548. The van der Waals surface area contributed by atoms with Crippen LogP contribution in [0.25, 0.3) is 0 Å². The van der Waals surface area contributed by atoms with Crippen LogP contribution in [0.1, 0.15) is 51.4 Å². The zero-order valence-electron chi connectivity index (χ0n) is 17.4. The molecule has 8 heteroatoms. The molecule has 0 atom stereocenters. The van der Waals surface area contributed by atoms with Crippen LogP contribution in [0.3, 0.4) is 0 Å². The van der Waals surface area contributed by atoms with E-state index in [0.717, 1.165) is 37.0 Å². The second-order valence-electron chi connectivity index (χ2n) is 9.34. The number of rotatable bonds is 8. The van der Waals surface area contributed by atoms with Gasteiger partial charge in [-0.3, -0.25) is 9.59 Å². The zero-order chi connectivity index (χ0) is 21.4. The van der Waals surface area contributed by atoms with E-state index in [-0.39, 0.29) is 22.1 Å². The summed E-state index contributed by atoms with van der Waals surface area (Å²) in [7, 11) is -2.13. The first kappa shape index (κ1) is 21.3. The van der Waals surface area contributed by atoms with Crippen LogP contribution in [0, 0.1) is 23.2 Å². The average Bonchev–Trinajstić information content (AvgIpc) is 2.70. The Balaban J connectivity index is 1.20. The minimum atomic E-state index is -3.49. The van der Waals surface area contributed by atoms with Gasteiger partial charge in [0.15, 0.2) is 0 Å². The van der Waals surface area contributed by atoms with E-state index in [2.05, 4.69) is 15.4 Å². The van der Waals surface area contributed by atoms with Gasteiger partial charge in [-0.05, 0) is 94.0 Å². The molecule has 2 amide bonds. The number of carbonyl (C=O) groups excluding carboxylic acids is 2. The monoisotopic (exact) mass is 433 g/mol. The summed E-state index contributed by atoms with van der Waals surface area (Å²) in [6.45, 7) is 0.507. The van der Waals surface area contributed by atoms with E-state index < -0.39 is 10.0 Å². The molecule has 30 heavy (non-hydrogen) atoms. The molecule has 3 N–H and O–H groups in total. The van der Waals surface area contributed by atoms with Crippen molar-refractivity contribution in [1.82, 2.24) is 10.0 Å². The van der Waals surface area contributed by atoms with Gasteiger partial charge in [0.05, 0.1) is 4.90 Å². The first-order valence-electron chi connectivity index (χ1n) is 10.9. The molecule has 4 bridgehead atoms. The Bertz CT molecular complexity index is 876. The van der Waals surface area contributed by atoms with Crippen molar-refractivity contribution in [3.63, 3.8) is 0 Å². The molecule has 1 aromatic rings. The molecule has 164 valence electrons. The molecule has 0 spiro atoms. The predicted octanol–water partition coefficient (Wildman–Crippen LogP) is 2.65. The molecule has 0 heterocycles. The van der Waals surface area contributed by atoms with Crippen molar-refractivity contribution in [1.29, 1.82) is 0 Å². The Kier molecular flexibility index (Phi) is 5.90. The first-order valence-corrected chi connectivity index (χ1v) is 12.4. The minimum absolute atomic E-state index is 0.146. The Morgan fingerprint density at radius 3 is 2.10 bits per heavy atom. The summed E-state index contributed by atoms with van der Waals surface area (Å²) in [5, 5.41) is 5.87. The van der Waals surface area contributed by atoms with Crippen LogP contribution in [0.2, 0.25) is 0 Å². The third kappa shape index (κ3) is 4.39. The van der Waals surface area contributed by atoms with E-state index in [4.69, 9.17) is 0 Å². The number of sulfonamides is 1. The highest BCUT2D eigenvalue weighted by atomic mass is 32.2. The summed E-state index contributed by atoms with van der Waals surface area (Å²) >= 11 is 0. The van der Waals surface area contributed by atoms with Crippen LogP contribution >= 0.6 is 0 Å². The molecule has 0 radical (unpaired) electrons. The highest BCUT2D eigenvalue weighted by molar-refractivity contribution is 7.89. The van der Waals surface area contributed by atoms with Crippen LogP contribution in [-0.4, -0.2) is 33.8 Å². The van der Waals surface area contributed by atoms with E-state index >= 15 is 0 Å². The lowest BCUT2D eigenvalue weighted by Crippen LogP contribution is -2.53. The fraction of sp³-hybridized carbons (Fsp3) is 0.636. The van der Waals surface area contributed by atoms with Crippen molar-refractivity contribution in [2.24, 2.45) is 23.2 Å². The molecule has 0 aromatic heterocycles. The van der Waals surface area contributed by atoms with Crippen molar-refractivity contribution in [3.05, 3.63) is 24.3 Å². The van der Waals surface area contributed by atoms with Crippen molar-refractivity contribution in [3.8, 4) is 0 Å². The SMILES string of the molecule is CNS(=O)(=O)c1ccc(NC(=O)CCCNC(=O)C23CC4CC(CC(C4)C2)C3)cc1. The van der Waals surface area contributed by atoms with Gasteiger partial charge in [-0.1, -0.05) is 0 Å². The molecule has 0 unspecified atom stereocenters. The Morgan fingerprint density at radius 2 is 1.57 bits per heavy atom. The summed E-state index contributed by atoms with van der Waals surface area (Å²) in [4.78, 5) is 25.2. The Labute approximate surface area is 178 Å². The topological polar surface area (TPSA) is 104 Å². The lowest BCUT2D eigenvalue weighted by atomic mass is 9.49. The molecule has 4 aliphatic carbocycles. The van der Waals surface area contributed by atoms with Gasteiger partial charge in [-0.25, -0.2) is 13.1 Å². The number of hydrogen-bond acceptors (Lipinski definition) is 4. The van der Waals surface area contributed by atoms with Crippen LogP contribution < -0.4 is 15.4 Å². The number of nitrogens with one attached hydrogen (secondary N) is 3. The highest BCUT2D eigenvalue weighted by Gasteiger charge is 2.54. The maximum atomic E-state index is 12.9. The fourth-order valence-electron chi connectivity index (χ4n) is 6.09. The van der Waals surface area contributed by atoms with Crippen molar-refractivity contribution in [2.75, 3.05) is 18.9 Å². The fourth-order valence-corrected chi connectivity index (χ4v) is 6.82. The lowest BCUT2D eigenvalue weighted by molar-refractivity contribution is -0.146. The van der Waals surface area contributed by atoms with E-state index in [1.807, 2.05) is 0 Å². The standard InChI is InChI=1S/C22H31N3O4S/c1-23-30(28,29)19-6-4-18(5-7-19)25-20(26)3-2-8-24-21(27)22-12-15-9-16(13-22)11-17(10-15)14-22/h4-7,15-17,23H,2-3,8-14H2,1H3,(H,24,27)(H,25,26). The van der Waals surface area contributed by atoms with Gasteiger partial charge in [-0.15, -0.1) is 0 Å². The van der Waals surface area contributed by atoms with E-state index in [1.54, 1.807) is 12.1 Å². The largest absolute Gasteiger partial charge is 0.356 e. The van der Waals surface area contributed by atoms with Crippen LogP contribution in [0.15, 0.2) is 29.2 Å². The maximum absolute atomic E-state index is 12.9. The third-order valence-electron chi connectivity index (χ3n) is 7.10. The van der Waals surface area contributed by atoms with E-state index in [9.17, 15) is 18.0 Å². The van der Waals surface area contributed by atoms with E-state index in [1.165, 1.54) is 38.4 Å². The second-order valence-corrected chi connectivity index (χ2v) is 11.2. The van der Waals surface area contributed by atoms with Gasteiger partial charge in [0, 0.05) is 24.1 Å². The number of carbonyl (C=O) groups is 2. The Morgan fingerprint density at radius 1 is 1.00 bits per heavy atom. The van der Waals surface area contributed by atoms with Crippen molar-refractivity contribution >= 4 is 27.5 Å². The Hall–Kier alpha value is -1.93. The lowest BCUT2D eigenvalue weighted by Gasteiger charge is -2.55. The molecule has 1 aromatic carbocycles. The number of amides is 2.